The highest BCUT2D eigenvalue weighted by Gasteiger charge is 2.20. The van der Waals surface area contributed by atoms with Gasteiger partial charge in [0.15, 0.2) is 0 Å². The van der Waals surface area contributed by atoms with Crippen molar-refractivity contribution < 1.29 is 13.9 Å². The van der Waals surface area contributed by atoms with E-state index in [2.05, 4.69) is 46.7 Å². The smallest absolute Gasteiger partial charge is 0.249 e. The first-order chi connectivity index (χ1) is 17.5. The number of furan rings is 1. The zero-order valence-corrected chi connectivity index (χ0v) is 20.9. The molecule has 2 aromatic heterocycles. The number of hydrogen-bond donors (Lipinski definition) is 1. The summed E-state index contributed by atoms with van der Waals surface area (Å²) in [5, 5.41) is 6.17. The lowest BCUT2D eigenvalue weighted by Gasteiger charge is -2.15. The Morgan fingerprint density at radius 1 is 1.00 bits per heavy atom. The topological polar surface area (TPSA) is 64.4 Å². The van der Waals surface area contributed by atoms with Crippen LogP contribution in [0.2, 0.25) is 0 Å². The Labute approximate surface area is 210 Å². The number of fused-ring (bicyclic) bond motifs is 2. The molecule has 5 rings (SSSR count). The fourth-order valence-electron chi connectivity index (χ4n) is 4.66. The minimum atomic E-state index is -0.243. The third-order valence-electron chi connectivity index (χ3n) is 6.32. The summed E-state index contributed by atoms with van der Waals surface area (Å²) in [5.74, 6) is 1.00. The molecule has 0 atom stereocenters. The first kappa shape index (κ1) is 23.4. The Balaban J connectivity index is 1.63. The van der Waals surface area contributed by atoms with Crippen molar-refractivity contribution in [3.63, 3.8) is 0 Å². The van der Waals surface area contributed by atoms with Crippen LogP contribution < -0.4 is 10.1 Å². The van der Waals surface area contributed by atoms with Gasteiger partial charge in [-0.05, 0) is 67.8 Å². The molecular formula is C31H28N2O3. The van der Waals surface area contributed by atoms with Crippen molar-refractivity contribution in [2.75, 3.05) is 11.9 Å². The van der Waals surface area contributed by atoms with Gasteiger partial charge >= 0.3 is 0 Å². The van der Waals surface area contributed by atoms with Crippen molar-refractivity contribution in [1.82, 2.24) is 4.98 Å². The fraction of sp³-hybridized carbons (Fsp3) is 0.161. The van der Waals surface area contributed by atoms with E-state index in [0.29, 0.717) is 12.4 Å². The number of rotatable bonds is 6. The van der Waals surface area contributed by atoms with Gasteiger partial charge in [0.2, 0.25) is 5.91 Å². The number of ether oxygens (including phenoxy) is 1. The summed E-state index contributed by atoms with van der Waals surface area (Å²) >= 11 is 0. The van der Waals surface area contributed by atoms with Crippen LogP contribution in [0.15, 0.2) is 83.5 Å². The standard InChI is InChI=1S/C31H28N2O3/c1-5-35-30-21(4)31-26(27(18-36-31)24-14-9-12-22-11-6-7-13-23(22)24)17-25(30)19(2)16-29(34)33-28-15-8-10-20(3)32-28/h6-18H,5H2,1-4H3,(H,32,33,34)/b19-16+. The summed E-state index contributed by atoms with van der Waals surface area (Å²) in [6.45, 7) is 8.26. The number of anilines is 1. The van der Waals surface area contributed by atoms with Crippen molar-refractivity contribution in [2.45, 2.75) is 27.7 Å². The van der Waals surface area contributed by atoms with Crippen LogP contribution in [0.1, 0.15) is 30.7 Å². The van der Waals surface area contributed by atoms with E-state index in [4.69, 9.17) is 9.15 Å². The molecule has 0 unspecified atom stereocenters. The Morgan fingerprint density at radius 3 is 2.58 bits per heavy atom. The molecule has 0 fully saturated rings. The predicted octanol–water partition coefficient (Wildman–Crippen LogP) is 7.71. The molecule has 0 bridgehead atoms. The van der Waals surface area contributed by atoms with Gasteiger partial charge in [-0.25, -0.2) is 4.98 Å². The second kappa shape index (κ2) is 9.70. The van der Waals surface area contributed by atoms with Crippen LogP contribution in [-0.4, -0.2) is 17.5 Å². The number of aromatic nitrogens is 1. The van der Waals surface area contributed by atoms with Crippen molar-refractivity contribution in [2.24, 2.45) is 0 Å². The number of nitrogens with zero attached hydrogens (tertiary/aromatic N) is 1. The van der Waals surface area contributed by atoms with E-state index in [0.717, 1.165) is 55.6 Å². The van der Waals surface area contributed by atoms with Crippen LogP contribution in [0.25, 0.3) is 38.4 Å². The molecule has 3 aromatic carbocycles. The maximum atomic E-state index is 12.8. The molecule has 0 aliphatic rings. The van der Waals surface area contributed by atoms with Gasteiger partial charge in [-0.3, -0.25) is 4.79 Å². The van der Waals surface area contributed by atoms with E-state index in [1.807, 2.05) is 58.2 Å². The molecule has 5 heteroatoms. The molecule has 1 N–H and O–H groups in total. The zero-order chi connectivity index (χ0) is 25.2. The third kappa shape index (κ3) is 4.36. The van der Waals surface area contributed by atoms with E-state index in [-0.39, 0.29) is 5.91 Å². The first-order valence-corrected chi connectivity index (χ1v) is 12.0. The summed E-state index contributed by atoms with van der Waals surface area (Å²) in [7, 11) is 0. The van der Waals surface area contributed by atoms with Gasteiger partial charge in [0.1, 0.15) is 17.2 Å². The number of carbonyl (C=O) groups is 1. The van der Waals surface area contributed by atoms with Gasteiger partial charge in [-0.15, -0.1) is 0 Å². The molecule has 0 aliphatic carbocycles. The monoisotopic (exact) mass is 476 g/mol. The predicted molar refractivity (Wildman–Crippen MR) is 146 cm³/mol. The van der Waals surface area contributed by atoms with Crippen LogP contribution in [0.3, 0.4) is 0 Å². The maximum absolute atomic E-state index is 12.8. The van der Waals surface area contributed by atoms with Gasteiger partial charge in [0.25, 0.3) is 0 Å². The summed E-state index contributed by atoms with van der Waals surface area (Å²) < 4.78 is 12.1. The fourth-order valence-corrected chi connectivity index (χ4v) is 4.66. The highest BCUT2D eigenvalue weighted by Crippen LogP contribution is 2.42. The maximum Gasteiger partial charge on any atom is 0.249 e. The van der Waals surface area contributed by atoms with Gasteiger partial charge in [0, 0.05) is 33.8 Å². The van der Waals surface area contributed by atoms with E-state index in [9.17, 15) is 4.79 Å². The molecular weight excluding hydrogens is 448 g/mol. The van der Waals surface area contributed by atoms with Gasteiger partial charge in [-0.2, -0.15) is 0 Å². The quantitative estimate of drug-likeness (QED) is 0.255. The number of aryl methyl sites for hydroxylation is 2. The van der Waals surface area contributed by atoms with E-state index in [1.54, 1.807) is 12.1 Å². The largest absolute Gasteiger partial charge is 0.493 e. The summed E-state index contributed by atoms with van der Waals surface area (Å²) in [6, 6.07) is 22.2. The molecule has 5 nitrogen and oxygen atoms in total. The zero-order valence-electron chi connectivity index (χ0n) is 20.9. The van der Waals surface area contributed by atoms with Crippen LogP contribution >= 0.6 is 0 Å². The molecule has 5 aromatic rings. The Hall–Kier alpha value is -4.38. The number of benzene rings is 3. The van der Waals surface area contributed by atoms with Crippen molar-refractivity contribution >= 4 is 39.0 Å². The molecule has 36 heavy (non-hydrogen) atoms. The third-order valence-corrected chi connectivity index (χ3v) is 6.32. The average molecular weight is 477 g/mol. The van der Waals surface area contributed by atoms with Gasteiger partial charge in [0.05, 0.1) is 12.9 Å². The number of nitrogens with one attached hydrogen (secondary N) is 1. The van der Waals surface area contributed by atoms with Gasteiger partial charge < -0.3 is 14.5 Å². The molecule has 180 valence electrons. The normalized spacial score (nSPS) is 11.7. The SMILES string of the molecule is CCOc1c(/C(C)=C/C(=O)Nc2cccc(C)n2)cc2c(-c3cccc4ccccc34)coc2c1C. The number of carbonyl (C=O) groups excluding carboxylic acids is 1. The average Bonchev–Trinajstić information content (AvgIpc) is 3.29. The second-order valence-corrected chi connectivity index (χ2v) is 8.84. The summed E-state index contributed by atoms with van der Waals surface area (Å²) in [4.78, 5) is 17.2. The number of hydrogen-bond acceptors (Lipinski definition) is 4. The van der Waals surface area contributed by atoms with E-state index in [1.165, 1.54) is 5.39 Å². The minimum Gasteiger partial charge on any atom is -0.493 e. The van der Waals surface area contributed by atoms with Crippen LogP contribution in [0.4, 0.5) is 5.82 Å². The van der Waals surface area contributed by atoms with Crippen LogP contribution in [-0.2, 0) is 4.79 Å². The number of pyridine rings is 1. The molecule has 0 radical (unpaired) electrons. The highest BCUT2D eigenvalue weighted by molar-refractivity contribution is 6.08. The minimum absolute atomic E-state index is 0.243. The summed E-state index contributed by atoms with van der Waals surface area (Å²) in [6.07, 6.45) is 3.40. The molecule has 0 spiro atoms. The van der Waals surface area contributed by atoms with Crippen LogP contribution in [0, 0.1) is 13.8 Å². The van der Waals surface area contributed by atoms with E-state index < -0.39 is 0 Å². The number of allylic oxidation sites excluding steroid dienone is 1. The van der Waals surface area contributed by atoms with Crippen LogP contribution in [0.5, 0.6) is 5.75 Å². The lowest BCUT2D eigenvalue weighted by Crippen LogP contribution is -2.10. The Morgan fingerprint density at radius 2 is 1.78 bits per heavy atom. The lowest BCUT2D eigenvalue weighted by molar-refractivity contribution is -0.111. The molecule has 1 amide bonds. The van der Waals surface area contributed by atoms with Crippen molar-refractivity contribution in [3.8, 4) is 16.9 Å². The molecule has 0 saturated heterocycles. The molecule has 0 aliphatic heterocycles. The summed E-state index contributed by atoms with van der Waals surface area (Å²) in [5.41, 5.74) is 6.29. The first-order valence-electron chi connectivity index (χ1n) is 12.0. The lowest BCUT2D eigenvalue weighted by atomic mass is 9.94. The molecule has 0 saturated carbocycles. The van der Waals surface area contributed by atoms with Crippen molar-refractivity contribution in [3.05, 3.63) is 95.9 Å². The van der Waals surface area contributed by atoms with E-state index >= 15 is 0 Å². The second-order valence-electron chi connectivity index (χ2n) is 8.84. The van der Waals surface area contributed by atoms with Gasteiger partial charge in [-0.1, -0.05) is 48.5 Å². The Bertz CT molecular complexity index is 1620. The molecule has 2 heterocycles. The Kier molecular flexibility index (Phi) is 6.30. The highest BCUT2D eigenvalue weighted by atomic mass is 16.5. The number of amides is 1. The van der Waals surface area contributed by atoms with Crippen molar-refractivity contribution in [1.29, 1.82) is 0 Å².